The molecule has 0 radical (unpaired) electrons. The van der Waals surface area contributed by atoms with Crippen LogP contribution in [0.5, 0.6) is 0 Å². The van der Waals surface area contributed by atoms with E-state index in [2.05, 4.69) is 59.9 Å². The minimum absolute atomic E-state index is 0.0458. The highest BCUT2D eigenvalue weighted by molar-refractivity contribution is 5.32. The van der Waals surface area contributed by atoms with Crippen molar-refractivity contribution in [1.82, 2.24) is 5.32 Å². The summed E-state index contributed by atoms with van der Waals surface area (Å²) in [7, 11) is 0. The van der Waals surface area contributed by atoms with E-state index in [4.69, 9.17) is 5.73 Å². The molecule has 104 valence electrons. The molecule has 1 unspecified atom stereocenters. The van der Waals surface area contributed by atoms with Crippen LogP contribution in [0.15, 0.2) is 54.6 Å². The van der Waals surface area contributed by atoms with Crippen LogP contribution in [-0.2, 0) is 19.4 Å². The molecule has 2 aromatic rings. The van der Waals surface area contributed by atoms with E-state index in [1.807, 2.05) is 0 Å². The average Bonchev–Trinajstić information content (AvgIpc) is 2.54. The number of hydrogen-bond acceptors (Lipinski definition) is 2. The summed E-state index contributed by atoms with van der Waals surface area (Å²) in [6.07, 6.45) is 3.27. The summed E-state index contributed by atoms with van der Waals surface area (Å²) in [5.41, 5.74) is 10.4. The maximum Gasteiger partial charge on any atom is 0.0350 e. The van der Waals surface area contributed by atoms with Gasteiger partial charge in [0.25, 0.3) is 0 Å². The minimum Gasteiger partial charge on any atom is -0.329 e. The molecule has 0 bridgehead atoms. The molecule has 1 aliphatic rings. The second-order valence-electron chi connectivity index (χ2n) is 5.77. The fraction of sp³-hybridized carbons (Fsp3) is 0.333. The highest BCUT2D eigenvalue weighted by atomic mass is 15.0. The van der Waals surface area contributed by atoms with E-state index in [1.54, 1.807) is 0 Å². The normalized spacial score (nSPS) is 21.4. The largest absolute Gasteiger partial charge is 0.329 e. The lowest BCUT2D eigenvalue weighted by atomic mass is 9.78. The summed E-state index contributed by atoms with van der Waals surface area (Å²) in [6.45, 7) is 1.58. The third-order valence-corrected chi connectivity index (χ3v) is 4.42. The predicted octanol–water partition coefficient (Wildman–Crippen LogP) is 2.66. The van der Waals surface area contributed by atoms with Crippen LogP contribution < -0.4 is 11.1 Å². The topological polar surface area (TPSA) is 38.0 Å². The Hall–Kier alpha value is -1.64. The smallest absolute Gasteiger partial charge is 0.0350 e. The molecule has 0 fully saturated rings. The summed E-state index contributed by atoms with van der Waals surface area (Å²) >= 11 is 0. The summed E-state index contributed by atoms with van der Waals surface area (Å²) in [4.78, 5) is 0. The summed E-state index contributed by atoms with van der Waals surface area (Å²) in [5.74, 6) is 0. The molecule has 0 saturated heterocycles. The van der Waals surface area contributed by atoms with Gasteiger partial charge in [-0.3, -0.25) is 0 Å². The van der Waals surface area contributed by atoms with E-state index in [-0.39, 0.29) is 5.54 Å². The first-order valence-electron chi connectivity index (χ1n) is 7.37. The fourth-order valence-corrected chi connectivity index (χ4v) is 3.08. The Morgan fingerprint density at radius 2 is 1.65 bits per heavy atom. The van der Waals surface area contributed by atoms with Crippen LogP contribution in [0.1, 0.15) is 23.1 Å². The molecule has 3 rings (SSSR count). The maximum absolute atomic E-state index is 6.10. The lowest BCUT2D eigenvalue weighted by Gasteiger charge is -2.38. The minimum atomic E-state index is 0.0458. The van der Waals surface area contributed by atoms with Gasteiger partial charge in [-0.15, -0.1) is 0 Å². The molecule has 3 N–H and O–H groups in total. The van der Waals surface area contributed by atoms with Gasteiger partial charge >= 0.3 is 0 Å². The summed E-state index contributed by atoms with van der Waals surface area (Å²) in [6, 6.07) is 19.3. The van der Waals surface area contributed by atoms with Crippen molar-refractivity contribution in [2.24, 2.45) is 5.73 Å². The zero-order valence-electron chi connectivity index (χ0n) is 11.8. The van der Waals surface area contributed by atoms with E-state index in [1.165, 1.54) is 16.7 Å². The van der Waals surface area contributed by atoms with Gasteiger partial charge in [-0.2, -0.15) is 0 Å². The van der Waals surface area contributed by atoms with Crippen LogP contribution in [0.25, 0.3) is 0 Å². The van der Waals surface area contributed by atoms with Gasteiger partial charge in [0.1, 0.15) is 0 Å². The van der Waals surface area contributed by atoms with Gasteiger partial charge in [0.2, 0.25) is 0 Å². The molecule has 0 heterocycles. The first kappa shape index (κ1) is 13.3. The van der Waals surface area contributed by atoms with Gasteiger partial charge in [0.15, 0.2) is 0 Å². The van der Waals surface area contributed by atoms with Crippen LogP contribution in [0.4, 0.5) is 0 Å². The van der Waals surface area contributed by atoms with Crippen molar-refractivity contribution in [1.29, 1.82) is 0 Å². The number of nitrogens with two attached hydrogens (primary N) is 1. The van der Waals surface area contributed by atoms with E-state index in [9.17, 15) is 0 Å². The first-order chi connectivity index (χ1) is 9.81. The Balaban J connectivity index is 1.73. The highest BCUT2D eigenvalue weighted by Crippen LogP contribution is 2.28. The van der Waals surface area contributed by atoms with Crippen LogP contribution >= 0.6 is 0 Å². The predicted molar refractivity (Wildman–Crippen MR) is 83.5 cm³/mol. The van der Waals surface area contributed by atoms with Crippen molar-refractivity contribution in [3.8, 4) is 0 Å². The van der Waals surface area contributed by atoms with Crippen LogP contribution in [0.2, 0.25) is 0 Å². The third kappa shape index (κ3) is 2.77. The van der Waals surface area contributed by atoms with Gasteiger partial charge in [-0.05, 0) is 36.0 Å². The van der Waals surface area contributed by atoms with E-state index < -0.39 is 0 Å². The molecule has 0 amide bonds. The Bertz CT molecular complexity index is 565. The van der Waals surface area contributed by atoms with Crippen molar-refractivity contribution in [2.75, 3.05) is 6.54 Å². The van der Waals surface area contributed by atoms with Crippen molar-refractivity contribution in [3.63, 3.8) is 0 Å². The van der Waals surface area contributed by atoms with Gasteiger partial charge < -0.3 is 11.1 Å². The van der Waals surface area contributed by atoms with E-state index in [0.29, 0.717) is 6.54 Å². The van der Waals surface area contributed by atoms with Crippen LogP contribution in [-0.4, -0.2) is 12.1 Å². The molecule has 2 aromatic carbocycles. The van der Waals surface area contributed by atoms with E-state index >= 15 is 0 Å². The van der Waals surface area contributed by atoms with Gasteiger partial charge in [-0.25, -0.2) is 0 Å². The Morgan fingerprint density at radius 3 is 2.40 bits per heavy atom. The fourth-order valence-electron chi connectivity index (χ4n) is 3.08. The number of fused-ring (bicyclic) bond motifs is 1. The van der Waals surface area contributed by atoms with Crippen molar-refractivity contribution in [2.45, 2.75) is 31.3 Å². The number of benzene rings is 2. The molecule has 0 aliphatic heterocycles. The Labute approximate surface area is 121 Å². The number of nitrogens with one attached hydrogen (secondary N) is 1. The first-order valence-corrected chi connectivity index (χ1v) is 7.37. The third-order valence-electron chi connectivity index (χ3n) is 4.42. The molecule has 1 aliphatic carbocycles. The molecule has 0 spiro atoms. The van der Waals surface area contributed by atoms with Crippen molar-refractivity contribution < 1.29 is 0 Å². The summed E-state index contributed by atoms with van der Waals surface area (Å²) < 4.78 is 0. The SMILES string of the molecule is NCC1(NCc2ccccc2)CCc2ccccc2C1. The molecular formula is C18H22N2. The quantitative estimate of drug-likeness (QED) is 0.893. The van der Waals surface area contributed by atoms with Gasteiger partial charge in [-0.1, -0.05) is 54.6 Å². The maximum atomic E-state index is 6.10. The lowest BCUT2D eigenvalue weighted by Crippen LogP contribution is -2.54. The monoisotopic (exact) mass is 266 g/mol. The van der Waals surface area contributed by atoms with Gasteiger partial charge in [0, 0.05) is 18.6 Å². The molecule has 0 saturated carbocycles. The number of hydrogen-bond donors (Lipinski definition) is 2. The van der Waals surface area contributed by atoms with Gasteiger partial charge in [0.05, 0.1) is 0 Å². The Kier molecular flexibility index (Phi) is 3.86. The van der Waals surface area contributed by atoms with Crippen LogP contribution in [0.3, 0.4) is 0 Å². The highest BCUT2D eigenvalue weighted by Gasteiger charge is 2.32. The molecule has 1 atom stereocenters. The zero-order valence-corrected chi connectivity index (χ0v) is 11.8. The Morgan fingerprint density at radius 1 is 0.950 bits per heavy atom. The second kappa shape index (κ2) is 5.78. The summed E-state index contributed by atoms with van der Waals surface area (Å²) in [5, 5.41) is 3.72. The molecule has 0 aromatic heterocycles. The molecule has 2 heteroatoms. The number of rotatable bonds is 4. The molecular weight excluding hydrogens is 244 g/mol. The molecule has 20 heavy (non-hydrogen) atoms. The average molecular weight is 266 g/mol. The number of aryl methyl sites for hydroxylation is 1. The van der Waals surface area contributed by atoms with E-state index in [0.717, 1.165) is 25.8 Å². The lowest BCUT2D eigenvalue weighted by molar-refractivity contribution is 0.291. The van der Waals surface area contributed by atoms with Crippen LogP contribution in [0, 0.1) is 0 Å². The zero-order chi connectivity index (χ0) is 13.8. The standard InChI is InChI=1S/C18H22N2/c19-14-18(20-13-15-6-2-1-3-7-15)11-10-16-8-4-5-9-17(16)12-18/h1-9,20H,10-14,19H2. The van der Waals surface area contributed by atoms with Crippen molar-refractivity contribution in [3.05, 3.63) is 71.3 Å². The van der Waals surface area contributed by atoms with Crippen molar-refractivity contribution >= 4 is 0 Å². The second-order valence-corrected chi connectivity index (χ2v) is 5.77. The molecule has 2 nitrogen and oxygen atoms in total.